The Morgan fingerprint density at radius 1 is 1.24 bits per heavy atom. The van der Waals surface area contributed by atoms with Crippen LogP contribution in [0.15, 0.2) is 24.3 Å². The van der Waals surface area contributed by atoms with Crippen LogP contribution >= 0.6 is 11.6 Å². The van der Waals surface area contributed by atoms with Crippen molar-refractivity contribution in [3.63, 3.8) is 0 Å². The van der Waals surface area contributed by atoms with Gasteiger partial charge in [0.2, 0.25) is 11.8 Å². The molecule has 1 aliphatic carbocycles. The quantitative estimate of drug-likeness (QED) is 0.789. The van der Waals surface area contributed by atoms with Crippen LogP contribution in [0.2, 0.25) is 5.02 Å². The summed E-state index contributed by atoms with van der Waals surface area (Å²) in [6.07, 6.45) is 0. The predicted molar refractivity (Wildman–Crippen MR) is 62.0 cm³/mol. The highest BCUT2D eigenvalue weighted by molar-refractivity contribution is 6.30. The molecule has 17 heavy (non-hydrogen) atoms. The van der Waals surface area contributed by atoms with Crippen molar-refractivity contribution < 1.29 is 9.59 Å². The number of carbonyl (C=O) groups excluding carboxylic acids is 2. The Kier molecular flexibility index (Phi) is 2.24. The largest absolute Gasteiger partial charge is 0.326 e. The average molecular weight is 251 g/mol. The van der Waals surface area contributed by atoms with E-state index in [2.05, 4.69) is 0 Å². The van der Waals surface area contributed by atoms with Crippen LogP contribution in [-0.4, -0.2) is 22.8 Å². The van der Waals surface area contributed by atoms with Gasteiger partial charge in [0.05, 0.1) is 18.4 Å². The normalized spacial score (nSPS) is 30.7. The second kappa shape index (κ2) is 3.55. The highest BCUT2D eigenvalue weighted by Crippen LogP contribution is 2.46. The summed E-state index contributed by atoms with van der Waals surface area (Å²) >= 11 is 5.86. The Bertz CT molecular complexity index is 495. The first-order valence-electron chi connectivity index (χ1n) is 5.45. The molecule has 2 atom stereocenters. The number of rotatable bonds is 2. The second-order valence-electron chi connectivity index (χ2n) is 4.52. The number of likely N-dealkylation sites (tertiary alicyclic amines) is 1. The Morgan fingerprint density at radius 3 is 2.47 bits per heavy atom. The molecule has 0 spiro atoms. The molecule has 0 radical (unpaired) electrons. The molecule has 1 saturated heterocycles. The van der Waals surface area contributed by atoms with E-state index in [9.17, 15) is 9.59 Å². The van der Waals surface area contributed by atoms with E-state index in [0.29, 0.717) is 5.02 Å². The molecule has 1 aromatic carbocycles. The number of imide groups is 1. The van der Waals surface area contributed by atoms with Crippen molar-refractivity contribution in [2.45, 2.75) is 12.6 Å². The van der Waals surface area contributed by atoms with Gasteiger partial charge in [-0.05, 0) is 17.7 Å². The first-order chi connectivity index (χ1) is 8.09. The fourth-order valence-electron chi connectivity index (χ4n) is 2.41. The molecule has 1 aromatic rings. The third-order valence-corrected chi connectivity index (χ3v) is 3.64. The van der Waals surface area contributed by atoms with E-state index in [0.717, 1.165) is 5.56 Å². The van der Waals surface area contributed by atoms with Crippen molar-refractivity contribution in [3.8, 4) is 0 Å². The molecule has 1 saturated carbocycles. The Hall–Kier alpha value is -1.39. The van der Waals surface area contributed by atoms with Gasteiger partial charge in [0.15, 0.2) is 0 Å². The summed E-state index contributed by atoms with van der Waals surface area (Å²) < 4.78 is 0. The van der Waals surface area contributed by atoms with Crippen LogP contribution in [-0.2, 0) is 16.1 Å². The van der Waals surface area contributed by atoms with Crippen LogP contribution in [0.1, 0.15) is 5.56 Å². The lowest BCUT2D eigenvalue weighted by molar-refractivity contribution is -0.142. The summed E-state index contributed by atoms with van der Waals surface area (Å²) in [6.45, 7) is 0.290. The molecule has 5 heteroatoms. The lowest BCUT2D eigenvalue weighted by Crippen LogP contribution is -2.36. The Morgan fingerprint density at radius 2 is 1.88 bits per heavy atom. The number of nitrogens with two attached hydrogens (primary N) is 1. The Labute approximate surface area is 103 Å². The topological polar surface area (TPSA) is 63.4 Å². The van der Waals surface area contributed by atoms with Crippen molar-refractivity contribution in [3.05, 3.63) is 34.9 Å². The number of benzene rings is 1. The van der Waals surface area contributed by atoms with Gasteiger partial charge in [0, 0.05) is 11.1 Å². The fourth-order valence-corrected chi connectivity index (χ4v) is 2.63. The summed E-state index contributed by atoms with van der Waals surface area (Å²) in [6, 6.07) is 6.90. The summed E-state index contributed by atoms with van der Waals surface area (Å²) in [7, 11) is 0. The minimum atomic E-state index is -0.276. The van der Waals surface area contributed by atoms with Crippen LogP contribution in [0.4, 0.5) is 0 Å². The van der Waals surface area contributed by atoms with Gasteiger partial charge in [-0.3, -0.25) is 14.5 Å². The summed E-state index contributed by atoms with van der Waals surface area (Å²) in [5.41, 5.74) is 6.50. The number of halogens is 1. The number of hydrogen-bond acceptors (Lipinski definition) is 3. The molecule has 2 N–H and O–H groups in total. The molecule has 0 aromatic heterocycles. The third kappa shape index (κ3) is 1.56. The van der Waals surface area contributed by atoms with Crippen LogP contribution < -0.4 is 5.73 Å². The lowest BCUT2D eigenvalue weighted by Gasteiger charge is -2.17. The molecule has 2 aliphatic rings. The van der Waals surface area contributed by atoms with Crippen molar-refractivity contribution in [2.24, 2.45) is 17.6 Å². The van der Waals surface area contributed by atoms with Crippen LogP contribution in [0.3, 0.4) is 0 Å². The van der Waals surface area contributed by atoms with E-state index in [1.54, 1.807) is 18.2 Å². The van der Waals surface area contributed by atoms with E-state index in [1.165, 1.54) is 4.90 Å². The molecule has 88 valence electrons. The van der Waals surface area contributed by atoms with Crippen molar-refractivity contribution in [2.75, 3.05) is 0 Å². The van der Waals surface area contributed by atoms with Crippen molar-refractivity contribution in [1.82, 2.24) is 4.90 Å². The summed E-state index contributed by atoms with van der Waals surface area (Å²) in [5.74, 6) is -0.844. The van der Waals surface area contributed by atoms with Crippen molar-refractivity contribution >= 4 is 23.4 Å². The third-order valence-electron chi connectivity index (χ3n) is 3.41. The van der Waals surface area contributed by atoms with Crippen LogP contribution in [0, 0.1) is 11.8 Å². The van der Waals surface area contributed by atoms with Gasteiger partial charge in [-0.25, -0.2) is 0 Å². The molecule has 2 fully saturated rings. The number of carbonyl (C=O) groups is 2. The highest BCUT2D eigenvalue weighted by atomic mass is 35.5. The lowest BCUT2D eigenvalue weighted by atomic mass is 10.2. The number of amides is 2. The molecule has 4 nitrogen and oxygen atoms in total. The van der Waals surface area contributed by atoms with Crippen molar-refractivity contribution in [1.29, 1.82) is 0 Å². The highest BCUT2D eigenvalue weighted by Gasteiger charge is 2.65. The maximum Gasteiger partial charge on any atom is 0.235 e. The minimum absolute atomic E-state index is 0.146. The van der Waals surface area contributed by atoms with Gasteiger partial charge in [-0.15, -0.1) is 0 Å². The van der Waals surface area contributed by atoms with Gasteiger partial charge in [0.25, 0.3) is 0 Å². The molecule has 3 rings (SSSR count). The molecule has 0 bridgehead atoms. The minimum Gasteiger partial charge on any atom is -0.326 e. The zero-order valence-corrected chi connectivity index (χ0v) is 9.72. The number of fused-ring (bicyclic) bond motifs is 1. The number of piperidine rings is 1. The average Bonchev–Trinajstić information content (AvgIpc) is 2.88. The summed E-state index contributed by atoms with van der Waals surface area (Å²) in [5, 5.41) is 0.600. The molecular formula is C12H11ClN2O2. The van der Waals surface area contributed by atoms with Crippen LogP contribution in [0.5, 0.6) is 0 Å². The second-order valence-corrected chi connectivity index (χ2v) is 4.96. The predicted octanol–water partition coefficient (Wildman–Crippen LogP) is 0.782. The summed E-state index contributed by atoms with van der Waals surface area (Å²) in [4.78, 5) is 25.0. The van der Waals surface area contributed by atoms with Gasteiger partial charge in [-0.2, -0.15) is 0 Å². The smallest absolute Gasteiger partial charge is 0.235 e. The maximum absolute atomic E-state index is 11.8. The molecular weight excluding hydrogens is 240 g/mol. The van der Waals surface area contributed by atoms with E-state index in [1.807, 2.05) is 6.07 Å². The van der Waals surface area contributed by atoms with Crippen LogP contribution in [0.25, 0.3) is 0 Å². The maximum atomic E-state index is 11.8. The van der Waals surface area contributed by atoms with E-state index < -0.39 is 0 Å². The number of nitrogens with zero attached hydrogens (tertiary/aromatic N) is 1. The molecule has 1 heterocycles. The standard InChI is InChI=1S/C12H11ClN2O2/c13-7-3-1-2-6(4-7)5-15-11(16)8-9(10(8)14)12(15)17/h1-4,8-10H,5,14H2. The zero-order valence-electron chi connectivity index (χ0n) is 8.97. The van der Waals surface area contributed by atoms with Gasteiger partial charge in [0.1, 0.15) is 0 Å². The van der Waals surface area contributed by atoms with Gasteiger partial charge >= 0.3 is 0 Å². The van der Waals surface area contributed by atoms with E-state index in [-0.39, 0.29) is 36.2 Å². The van der Waals surface area contributed by atoms with Gasteiger partial charge in [-0.1, -0.05) is 23.7 Å². The van der Waals surface area contributed by atoms with E-state index >= 15 is 0 Å². The van der Waals surface area contributed by atoms with E-state index in [4.69, 9.17) is 17.3 Å². The zero-order chi connectivity index (χ0) is 12.2. The fraction of sp³-hybridized carbons (Fsp3) is 0.333. The Balaban J connectivity index is 1.79. The molecule has 2 unspecified atom stereocenters. The SMILES string of the molecule is NC1C2C(=O)N(Cc3cccc(Cl)c3)C(=O)C12. The monoisotopic (exact) mass is 250 g/mol. The first-order valence-corrected chi connectivity index (χ1v) is 5.82. The number of hydrogen-bond donors (Lipinski definition) is 1. The molecule has 1 aliphatic heterocycles. The first kappa shape index (κ1) is 10.7. The van der Waals surface area contributed by atoms with Gasteiger partial charge < -0.3 is 5.73 Å². The molecule has 2 amide bonds.